The standard InChI is InChI=1S/C24H25N3O3/c1-16-11-13-18(14-12-16)30-22-10-6-5-9-20(22)26-23(28)15-21(27-24(25)29)19-8-4-3-7-17(19)2/h3-14,21H,15H2,1-2H3,(H,26,28)(H3,25,27,29)/t21-/m1/s1. The van der Waals surface area contributed by atoms with Crippen molar-refractivity contribution in [3.63, 3.8) is 0 Å². The molecule has 3 amide bonds. The van der Waals surface area contributed by atoms with Crippen LogP contribution in [0.5, 0.6) is 11.5 Å². The third kappa shape index (κ3) is 5.61. The summed E-state index contributed by atoms with van der Waals surface area (Å²) in [6.45, 7) is 3.93. The van der Waals surface area contributed by atoms with Crippen molar-refractivity contribution < 1.29 is 14.3 Å². The van der Waals surface area contributed by atoms with Gasteiger partial charge in [0.2, 0.25) is 5.91 Å². The normalized spacial score (nSPS) is 11.4. The Morgan fingerprint density at radius 1 is 0.933 bits per heavy atom. The lowest BCUT2D eigenvalue weighted by atomic mass is 9.98. The number of hydrogen-bond donors (Lipinski definition) is 3. The number of carbonyl (C=O) groups excluding carboxylic acids is 2. The highest BCUT2D eigenvalue weighted by molar-refractivity contribution is 5.93. The zero-order chi connectivity index (χ0) is 21.5. The lowest BCUT2D eigenvalue weighted by molar-refractivity contribution is -0.116. The summed E-state index contributed by atoms with van der Waals surface area (Å²) < 4.78 is 5.93. The van der Waals surface area contributed by atoms with Gasteiger partial charge in [0.05, 0.1) is 18.2 Å². The van der Waals surface area contributed by atoms with Crippen LogP contribution in [-0.2, 0) is 4.79 Å². The molecule has 3 rings (SSSR count). The summed E-state index contributed by atoms with van der Waals surface area (Å²) >= 11 is 0. The molecule has 1 atom stereocenters. The largest absolute Gasteiger partial charge is 0.455 e. The molecule has 154 valence electrons. The third-order valence-electron chi connectivity index (χ3n) is 4.68. The van der Waals surface area contributed by atoms with Crippen LogP contribution in [0.25, 0.3) is 0 Å². The molecule has 0 radical (unpaired) electrons. The van der Waals surface area contributed by atoms with Crippen molar-refractivity contribution in [2.24, 2.45) is 5.73 Å². The number of carbonyl (C=O) groups is 2. The number of rotatable bonds is 7. The molecule has 4 N–H and O–H groups in total. The molecule has 0 bridgehead atoms. The smallest absolute Gasteiger partial charge is 0.312 e. The molecule has 0 spiro atoms. The van der Waals surface area contributed by atoms with E-state index in [0.717, 1.165) is 16.7 Å². The third-order valence-corrected chi connectivity index (χ3v) is 4.68. The number of ether oxygens (including phenoxy) is 1. The van der Waals surface area contributed by atoms with E-state index in [0.29, 0.717) is 17.2 Å². The van der Waals surface area contributed by atoms with E-state index in [1.807, 2.05) is 74.5 Å². The van der Waals surface area contributed by atoms with Gasteiger partial charge in [-0.05, 0) is 49.2 Å². The Kier molecular flexibility index (Phi) is 6.70. The lowest BCUT2D eigenvalue weighted by Gasteiger charge is -2.20. The highest BCUT2D eigenvalue weighted by Crippen LogP contribution is 2.30. The average molecular weight is 403 g/mol. The highest BCUT2D eigenvalue weighted by atomic mass is 16.5. The van der Waals surface area contributed by atoms with E-state index < -0.39 is 12.1 Å². The second-order valence-corrected chi connectivity index (χ2v) is 7.08. The van der Waals surface area contributed by atoms with Gasteiger partial charge >= 0.3 is 6.03 Å². The van der Waals surface area contributed by atoms with Gasteiger partial charge in [-0.3, -0.25) is 4.79 Å². The molecule has 0 saturated heterocycles. The molecule has 3 aromatic carbocycles. The number of aryl methyl sites for hydroxylation is 2. The van der Waals surface area contributed by atoms with Gasteiger partial charge in [0.1, 0.15) is 5.75 Å². The monoisotopic (exact) mass is 403 g/mol. The number of nitrogens with one attached hydrogen (secondary N) is 2. The Morgan fingerprint density at radius 3 is 2.30 bits per heavy atom. The summed E-state index contributed by atoms with van der Waals surface area (Å²) in [6, 6.07) is 21.2. The van der Waals surface area contributed by atoms with Gasteiger partial charge in [-0.15, -0.1) is 0 Å². The fraction of sp³-hybridized carbons (Fsp3) is 0.167. The molecule has 0 unspecified atom stereocenters. The zero-order valence-corrected chi connectivity index (χ0v) is 17.0. The number of primary amides is 1. The molecular weight excluding hydrogens is 378 g/mol. The molecule has 0 aromatic heterocycles. The first-order valence-electron chi connectivity index (χ1n) is 9.67. The van der Waals surface area contributed by atoms with Crippen molar-refractivity contribution in [2.75, 3.05) is 5.32 Å². The minimum absolute atomic E-state index is 0.0344. The molecule has 6 nitrogen and oxygen atoms in total. The summed E-state index contributed by atoms with van der Waals surface area (Å²) in [7, 11) is 0. The van der Waals surface area contributed by atoms with E-state index in [9.17, 15) is 9.59 Å². The molecule has 0 aliphatic heterocycles. The van der Waals surface area contributed by atoms with Gasteiger partial charge in [-0.25, -0.2) is 4.79 Å². The predicted molar refractivity (Wildman–Crippen MR) is 118 cm³/mol. The first-order chi connectivity index (χ1) is 14.4. The van der Waals surface area contributed by atoms with E-state index in [1.165, 1.54) is 0 Å². The quantitative estimate of drug-likeness (QED) is 0.527. The molecule has 0 heterocycles. The van der Waals surface area contributed by atoms with Crippen LogP contribution in [0.2, 0.25) is 0 Å². The topological polar surface area (TPSA) is 93.4 Å². The Bertz CT molecular complexity index is 1030. The first kappa shape index (κ1) is 20.9. The summed E-state index contributed by atoms with van der Waals surface area (Å²) in [5.41, 5.74) is 8.82. The number of anilines is 1. The average Bonchev–Trinajstić information content (AvgIpc) is 2.71. The van der Waals surface area contributed by atoms with Crippen LogP contribution in [0, 0.1) is 13.8 Å². The summed E-state index contributed by atoms with van der Waals surface area (Å²) in [5.74, 6) is 0.942. The number of nitrogens with two attached hydrogens (primary N) is 1. The van der Waals surface area contributed by atoms with Gasteiger partial charge in [0.15, 0.2) is 5.75 Å². The molecule has 3 aromatic rings. The van der Waals surface area contributed by atoms with Crippen LogP contribution < -0.4 is 21.1 Å². The SMILES string of the molecule is Cc1ccc(Oc2ccccc2NC(=O)C[C@@H](NC(N)=O)c2ccccc2C)cc1. The summed E-state index contributed by atoms with van der Waals surface area (Å²) in [4.78, 5) is 24.3. The fourth-order valence-corrected chi connectivity index (χ4v) is 3.17. The van der Waals surface area contributed by atoms with Gasteiger partial charge in [0, 0.05) is 0 Å². The molecule has 0 saturated carbocycles. The molecule has 0 aliphatic carbocycles. The summed E-state index contributed by atoms with van der Waals surface area (Å²) in [5, 5.41) is 5.54. The zero-order valence-electron chi connectivity index (χ0n) is 17.0. The number of hydrogen-bond acceptors (Lipinski definition) is 3. The minimum Gasteiger partial charge on any atom is -0.455 e. The fourth-order valence-electron chi connectivity index (χ4n) is 3.17. The number of amides is 3. The molecule has 30 heavy (non-hydrogen) atoms. The summed E-state index contributed by atoms with van der Waals surface area (Å²) in [6.07, 6.45) is 0.0344. The molecule has 0 aliphatic rings. The predicted octanol–water partition coefficient (Wildman–Crippen LogP) is 4.83. The van der Waals surface area contributed by atoms with Gasteiger partial charge < -0.3 is 21.1 Å². The Morgan fingerprint density at radius 2 is 1.60 bits per heavy atom. The Hall–Kier alpha value is -3.80. The van der Waals surface area contributed by atoms with Crippen LogP contribution in [0.4, 0.5) is 10.5 Å². The lowest BCUT2D eigenvalue weighted by Crippen LogP contribution is -2.35. The van der Waals surface area contributed by atoms with E-state index in [4.69, 9.17) is 10.5 Å². The Labute approximate surface area is 176 Å². The minimum atomic E-state index is -0.681. The van der Waals surface area contributed by atoms with Crippen molar-refractivity contribution in [2.45, 2.75) is 26.3 Å². The van der Waals surface area contributed by atoms with Crippen LogP contribution in [0.3, 0.4) is 0 Å². The number of benzene rings is 3. The second kappa shape index (κ2) is 9.60. The number of urea groups is 1. The maximum absolute atomic E-state index is 12.8. The first-order valence-corrected chi connectivity index (χ1v) is 9.67. The van der Waals surface area contributed by atoms with Crippen molar-refractivity contribution in [1.82, 2.24) is 5.32 Å². The molecule has 6 heteroatoms. The number of para-hydroxylation sites is 2. The second-order valence-electron chi connectivity index (χ2n) is 7.08. The Balaban J connectivity index is 1.75. The van der Waals surface area contributed by atoms with Crippen molar-refractivity contribution in [3.8, 4) is 11.5 Å². The highest BCUT2D eigenvalue weighted by Gasteiger charge is 2.20. The van der Waals surface area contributed by atoms with Gasteiger partial charge in [-0.1, -0.05) is 54.1 Å². The van der Waals surface area contributed by atoms with Crippen molar-refractivity contribution >= 4 is 17.6 Å². The molecule has 0 fully saturated rings. The van der Waals surface area contributed by atoms with E-state index in [-0.39, 0.29) is 12.3 Å². The van der Waals surface area contributed by atoms with Gasteiger partial charge in [0.25, 0.3) is 0 Å². The maximum Gasteiger partial charge on any atom is 0.312 e. The van der Waals surface area contributed by atoms with Gasteiger partial charge in [-0.2, -0.15) is 0 Å². The van der Waals surface area contributed by atoms with Crippen LogP contribution in [-0.4, -0.2) is 11.9 Å². The van der Waals surface area contributed by atoms with Crippen LogP contribution >= 0.6 is 0 Å². The molecular formula is C24H25N3O3. The van der Waals surface area contributed by atoms with Crippen molar-refractivity contribution in [3.05, 3.63) is 89.5 Å². The van der Waals surface area contributed by atoms with Crippen LogP contribution in [0.15, 0.2) is 72.8 Å². The maximum atomic E-state index is 12.8. The van der Waals surface area contributed by atoms with Crippen molar-refractivity contribution in [1.29, 1.82) is 0 Å². The van der Waals surface area contributed by atoms with Crippen LogP contribution in [0.1, 0.15) is 29.2 Å². The van der Waals surface area contributed by atoms with E-state index >= 15 is 0 Å². The van der Waals surface area contributed by atoms with E-state index in [2.05, 4.69) is 10.6 Å². The van der Waals surface area contributed by atoms with E-state index in [1.54, 1.807) is 12.1 Å².